The zero-order valence-electron chi connectivity index (χ0n) is 12.7. The van der Waals surface area contributed by atoms with Crippen molar-refractivity contribution in [3.05, 3.63) is 57.1 Å². The first-order valence-corrected chi connectivity index (χ1v) is 7.66. The molecule has 22 heavy (non-hydrogen) atoms. The van der Waals surface area contributed by atoms with E-state index in [0.29, 0.717) is 21.4 Å². The van der Waals surface area contributed by atoms with Crippen molar-refractivity contribution in [2.75, 3.05) is 12.4 Å². The molecule has 0 atom stereocenters. The van der Waals surface area contributed by atoms with E-state index in [9.17, 15) is 4.79 Å². The quantitative estimate of drug-likeness (QED) is 0.840. The van der Waals surface area contributed by atoms with Gasteiger partial charge in [0.25, 0.3) is 5.91 Å². The molecule has 0 unspecified atom stereocenters. The van der Waals surface area contributed by atoms with Crippen molar-refractivity contribution < 1.29 is 9.53 Å². The Morgan fingerprint density at radius 1 is 1.23 bits per heavy atom. The first-order valence-electron chi connectivity index (χ1n) is 6.90. The van der Waals surface area contributed by atoms with Gasteiger partial charge in [-0.15, -0.1) is 0 Å². The molecule has 5 heteroatoms. The third kappa shape index (κ3) is 3.37. The Bertz CT molecular complexity index is 691. The number of halogens is 2. The van der Waals surface area contributed by atoms with Gasteiger partial charge in [0.2, 0.25) is 0 Å². The second-order valence-electron chi connectivity index (χ2n) is 4.89. The highest BCUT2D eigenvalue weighted by Gasteiger charge is 2.15. The number of carbonyl (C=O) groups excluding carboxylic acids is 1. The van der Waals surface area contributed by atoms with Crippen LogP contribution in [0.5, 0.6) is 5.75 Å². The summed E-state index contributed by atoms with van der Waals surface area (Å²) in [6.45, 7) is 4.01. The van der Waals surface area contributed by atoms with Crippen LogP contribution < -0.4 is 10.1 Å². The Labute approximate surface area is 140 Å². The van der Waals surface area contributed by atoms with Gasteiger partial charge in [0.05, 0.1) is 17.2 Å². The summed E-state index contributed by atoms with van der Waals surface area (Å²) in [7, 11) is 1.48. The van der Waals surface area contributed by atoms with Crippen LogP contribution in [0.1, 0.15) is 28.4 Å². The van der Waals surface area contributed by atoms with Crippen molar-refractivity contribution in [1.82, 2.24) is 0 Å². The molecule has 1 amide bonds. The van der Waals surface area contributed by atoms with Crippen LogP contribution in [0.3, 0.4) is 0 Å². The van der Waals surface area contributed by atoms with Gasteiger partial charge in [0.15, 0.2) is 5.75 Å². The first-order chi connectivity index (χ1) is 10.5. The molecule has 0 heterocycles. The molecular formula is C17H17Cl2NO2. The average Bonchev–Trinajstić information content (AvgIpc) is 2.48. The van der Waals surface area contributed by atoms with Crippen LogP contribution in [0.25, 0.3) is 0 Å². The number of para-hydroxylation sites is 1. The van der Waals surface area contributed by atoms with Crippen LogP contribution in [0.2, 0.25) is 10.0 Å². The molecular weight excluding hydrogens is 321 g/mol. The van der Waals surface area contributed by atoms with E-state index in [1.807, 2.05) is 32.0 Å². The number of ether oxygens (including phenoxy) is 1. The number of amides is 1. The topological polar surface area (TPSA) is 38.3 Å². The highest BCUT2D eigenvalue weighted by atomic mass is 35.5. The lowest BCUT2D eigenvalue weighted by atomic mass is 10.1. The molecule has 0 radical (unpaired) electrons. The zero-order chi connectivity index (χ0) is 16.3. The molecule has 0 aromatic heterocycles. The standard InChI is InChI=1S/C17H17Cl2NO2/c1-4-11-7-5-6-10(2)15(11)20-17(21)12-8-13(18)16(22-3)14(19)9-12/h5-9H,4H2,1-3H3,(H,20,21). The van der Waals surface area contributed by atoms with Crippen LogP contribution in [-0.2, 0) is 6.42 Å². The van der Waals surface area contributed by atoms with Crippen LogP contribution in [0.15, 0.2) is 30.3 Å². The van der Waals surface area contributed by atoms with Gasteiger partial charge in [-0.2, -0.15) is 0 Å². The predicted octanol–water partition coefficient (Wildman–Crippen LogP) is 5.13. The summed E-state index contributed by atoms with van der Waals surface area (Å²) in [6, 6.07) is 9.03. The van der Waals surface area contributed by atoms with E-state index < -0.39 is 0 Å². The van der Waals surface area contributed by atoms with Gasteiger partial charge in [0, 0.05) is 11.3 Å². The van der Waals surface area contributed by atoms with Crippen LogP contribution in [0.4, 0.5) is 5.69 Å². The Balaban J connectivity index is 2.35. The molecule has 0 bridgehead atoms. The summed E-state index contributed by atoms with van der Waals surface area (Å²) in [5.41, 5.74) is 3.32. The van der Waals surface area contributed by atoms with E-state index in [0.717, 1.165) is 23.2 Å². The molecule has 2 aromatic carbocycles. The van der Waals surface area contributed by atoms with Gasteiger partial charge in [0.1, 0.15) is 0 Å². The molecule has 0 aliphatic heterocycles. The van der Waals surface area contributed by atoms with E-state index in [1.54, 1.807) is 12.1 Å². The summed E-state index contributed by atoms with van der Waals surface area (Å²) >= 11 is 12.2. The number of hydrogen-bond acceptors (Lipinski definition) is 2. The maximum Gasteiger partial charge on any atom is 0.255 e. The second kappa shape index (κ2) is 7.03. The maximum absolute atomic E-state index is 12.5. The Morgan fingerprint density at radius 3 is 2.41 bits per heavy atom. The summed E-state index contributed by atoms with van der Waals surface area (Å²) < 4.78 is 5.09. The molecule has 0 saturated heterocycles. The molecule has 2 aromatic rings. The third-order valence-corrected chi connectivity index (χ3v) is 4.00. The highest BCUT2D eigenvalue weighted by Crippen LogP contribution is 2.34. The van der Waals surface area contributed by atoms with E-state index in [-0.39, 0.29) is 5.91 Å². The molecule has 0 saturated carbocycles. The number of carbonyl (C=O) groups is 1. The smallest absolute Gasteiger partial charge is 0.255 e. The Kier molecular flexibility index (Phi) is 5.33. The summed E-state index contributed by atoms with van der Waals surface area (Å²) in [6.07, 6.45) is 0.835. The van der Waals surface area contributed by atoms with Gasteiger partial charge in [-0.05, 0) is 36.6 Å². The van der Waals surface area contributed by atoms with Crippen molar-refractivity contribution in [3.8, 4) is 5.75 Å². The summed E-state index contributed by atoms with van der Waals surface area (Å²) in [4.78, 5) is 12.5. The normalized spacial score (nSPS) is 10.4. The lowest BCUT2D eigenvalue weighted by molar-refractivity contribution is 0.102. The predicted molar refractivity (Wildman–Crippen MR) is 91.5 cm³/mol. The first kappa shape index (κ1) is 16.7. The van der Waals surface area contributed by atoms with Crippen LogP contribution in [0, 0.1) is 6.92 Å². The fourth-order valence-electron chi connectivity index (χ4n) is 2.27. The lowest BCUT2D eigenvalue weighted by Gasteiger charge is -2.14. The van der Waals surface area contributed by atoms with Gasteiger partial charge in [-0.1, -0.05) is 48.3 Å². The van der Waals surface area contributed by atoms with Gasteiger partial charge < -0.3 is 10.1 Å². The minimum atomic E-state index is -0.254. The van der Waals surface area contributed by atoms with E-state index in [2.05, 4.69) is 5.32 Å². The largest absolute Gasteiger partial charge is 0.494 e. The summed E-state index contributed by atoms with van der Waals surface area (Å²) in [5.74, 6) is 0.112. The van der Waals surface area contributed by atoms with E-state index in [4.69, 9.17) is 27.9 Å². The van der Waals surface area contributed by atoms with Crippen molar-refractivity contribution in [3.63, 3.8) is 0 Å². The number of methoxy groups -OCH3 is 1. The number of benzene rings is 2. The molecule has 0 fully saturated rings. The fourth-order valence-corrected chi connectivity index (χ4v) is 2.92. The number of aryl methyl sites for hydroxylation is 2. The van der Waals surface area contributed by atoms with Gasteiger partial charge in [-0.25, -0.2) is 0 Å². The van der Waals surface area contributed by atoms with Gasteiger partial charge >= 0.3 is 0 Å². The third-order valence-electron chi connectivity index (χ3n) is 3.44. The van der Waals surface area contributed by atoms with Crippen LogP contribution >= 0.6 is 23.2 Å². The van der Waals surface area contributed by atoms with Crippen molar-refractivity contribution in [2.24, 2.45) is 0 Å². The SMILES string of the molecule is CCc1cccc(C)c1NC(=O)c1cc(Cl)c(OC)c(Cl)c1. The van der Waals surface area contributed by atoms with Crippen molar-refractivity contribution in [2.45, 2.75) is 20.3 Å². The monoisotopic (exact) mass is 337 g/mol. The molecule has 0 aliphatic carbocycles. The molecule has 0 spiro atoms. The molecule has 2 rings (SSSR count). The molecule has 116 valence electrons. The maximum atomic E-state index is 12.5. The minimum absolute atomic E-state index is 0.254. The van der Waals surface area contributed by atoms with E-state index in [1.165, 1.54) is 7.11 Å². The Hall–Kier alpha value is -1.71. The number of hydrogen-bond donors (Lipinski definition) is 1. The van der Waals surface area contributed by atoms with Gasteiger partial charge in [-0.3, -0.25) is 4.79 Å². The summed E-state index contributed by atoms with van der Waals surface area (Å²) in [5, 5.41) is 3.55. The number of rotatable bonds is 4. The average molecular weight is 338 g/mol. The van der Waals surface area contributed by atoms with Crippen LogP contribution in [-0.4, -0.2) is 13.0 Å². The van der Waals surface area contributed by atoms with E-state index >= 15 is 0 Å². The molecule has 1 N–H and O–H groups in total. The Morgan fingerprint density at radius 2 is 1.86 bits per heavy atom. The lowest BCUT2D eigenvalue weighted by Crippen LogP contribution is -2.14. The molecule has 0 aliphatic rings. The number of anilines is 1. The number of nitrogens with one attached hydrogen (secondary N) is 1. The fraction of sp³-hybridized carbons (Fsp3) is 0.235. The minimum Gasteiger partial charge on any atom is -0.494 e. The second-order valence-corrected chi connectivity index (χ2v) is 5.70. The van der Waals surface area contributed by atoms with Crippen molar-refractivity contribution >= 4 is 34.8 Å². The zero-order valence-corrected chi connectivity index (χ0v) is 14.2. The van der Waals surface area contributed by atoms with Crippen molar-refractivity contribution in [1.29, 1.82) is 0 Å². The highest BCUT2D eigenvalue weighted by molar-refractivity contribution is 6.37. The molecule has 3 nitrogen and oxygen atoms in total.